The maximum Gasteiger partial charge on any atom is 0.255 e. The highest BCUT2D eigenvalue weighted by molar-refractivity contribution is 7.89. The molecule has 0 saturated carbocycles. The number of carbonyl (C=O) groups excluding carboxylic acids is 1. The largest absolute Gasteiger partial charge is 0.495 e. The minimum atomic E-state index is -3.81. The molecule has 1 heterocycles. The van der Waals surface area contributed by atoms with Crippen LogP contribution in [0.1, 0.15) is 36.5 Å². The quantitative estimate of drug-likeness (QED) is 0.822. The number of anilines is 1. The van der Waals surface area contributed by atoms with Gasteiger partial charge in [0.1, 0.15) is 16.5 Å². The van der Waals surface area contributed by atoms with Gasteiger partial charge in [0, 0.05) is 23.8 Å². The van der Waals surface area contributed by atoms with Crippen LogP contribution >= 0.6 is 0 Å². The summed E-state index contributed by atoms with van der Waals surface area (Å²) in [6, 6.07) is 9.52. The first-order valence-electron chi connectivity index (χ1n) is 9.09. The molecule has 150 valence electrons. The minimum absolute atomic E-state index is 0.0319. The fourth-order valence-electron chi connectivity index (χ4n) is 3.31. The third-order valence-electron chi connectivity index (χ3n) is 4.86. The van der Waals surface area contributed by atoms with E-state index < -0.39 is 21.7 Å². The van der Waals surface area contributed by atoms with Crippen molar-refractivity contribution in [2.45, 2.75) is 37.1 Å². The van der Waals surface area contributed by atoms with Crippen molar-refractivity contribution in [3.63, 3.8) is 0 Å². The average Bonchev–Trinajstić information content (AvgIpc) is 2.69. The Morgan fingerprint density at radius 1 is 1.18 bits per heavy atom. The first-order valence-corrected chi connectivity index (χ1v) is 10.5. The molecule has 8 heteroatoms. The van der Waals surface area contributed by atoms with Crippen LogP contribution in [-0.2, 0) is 10.0 Å². The normalized spacial score (nSPS) is 17.9. The summed E-state index contributed by atoms with van der Waals surface area (Å²) in [5.41, 5.74) is 0.588. The van der Waals surface area contributed by atoms with Crippen molar-refractivity contribution in [3.8, 4) is 5.75 Å². The van der Waals surface area contributed by atoms with Crippen LogP contribution < -0.4 is 10.1 Å². The topological polar surface area (TPSA) is 75.7 Å². The molecule has 1 atom stereocenters. The second-order valence-electron chi connectivity index (χ2n) is 6.79. The van der Waals surface area contributed by atoms with E-state index in [2.05, 4.69) is 5.32 Å². The molecule has 6 nitrogen and oxygen atoms in total. The van der Waals surface area contributed by atoms with Crippen molar-refractivity contribution in [1.82, 2.24) is 4.31 Å². The summed E-state index contributed by atoms with van der Waals surface area (Å²) >= 11 is 0. The number of sulfonamides is 1. The number of ether oxygens (including phenoxy) is 1. The lowest BCUT2D eigenvalue weighted by Crippen LogP contribution is -2.42. The first kappa shape index (κ1) is 20.3. The number of methoxy groups -OCH3 is 1. The molecule has 0 bridgehead atoms. The molecule has 1 N–H and O–H groups in total. The lowest BCUT2D eigenvalue weighted by molar-refractivity contribution is 0.102. The van der Waals surface area contributed by atoms with Crippen molar-refractivity contribution in [3.05, 3.63) is 53.8 Å². The first-order chi connectivity index (χ1) is 13.3. The molecular formula is C20H23FN2O4S. The standard InChI is InChI=1S/C20H23FN2O4S/c1-14-5-3-4-12-23(14)28(25,26)19-13-15(6-11-18(19)27-2)20(24)22-17-9-7-16(21)8-10-17/h6-11,13-14H,3-5,12H2,1-2H3,(H,22,24)/t14-/m0/s1. The number of piperidine rings is 1. The van der Waals surface area contributed by atoms with E-state index in [-0.39, 0.29) is 22.3 Å². The molecule has 1 fully saturated rings. The smallest absolute Gasteiger partial charge is 0.255 e. The van der Waals surface area contributed by atoms with E-state index >= 15 is 0 Å². The van der Waals surface area contributed by atoms with E-state index in [1.54, 1.807) is 0 Å². The van der Waals surface area contributed by atoms with E-state index in [0.717, 1.165) is 19.3 Å². The van der Waals surface area contributed by atoms with E-state index in [4.69, 9.17) is 4.74 Å². The van der Waals surface area contributed by atoms with Gasteiger partial charge in [-0.2, -0.15) is 4.31 Å². The Morgan fingerprint density at radius 3 is 2.54 bits per heavy atom. The Balaban J connectivity index is 1.93. The van der Waals surface area contributed by atoms with Gasteiger partial charge in [-0.15, -0.1) is 0 Å². The number of halogens is 1. The average molecular weight is 406 g/mol. The predicted molar refractivity (Wildman–Crippen MR) is 105 cm³/mol. The van der Waals surface area contributed by atoms with Gasteiger partial charge in [-0.25, -0.2) is 12.8 Å². The Bertz CT molecular complexity index is 961. The maximum atomic E-state index is 13.2. The molecule has 1 saturated heterocycles. The second kappa shape index (κ2) is 8.28. The fourth-order valence-corrected chi connectivity index (χ4v) is 5.19. The molecule has 2 aromatic carbocycles. The van der Waals surface area contributed by atoms with Gasteiger partial charge in [0.2, 0.25) is 10.0 Å². The second-order valence-corrected chi connectivity index (χ2v) is 8.65. The number of carbonyl (C=O) groups is 1. The third-order valence-corrected chi connectivity index (χ3v) is 6.89. The summed E-state index contributed by atoms with van der Waals surface area (Å²) in [6.07, 6.45) is 2.59. The molecule has 1 aliphatic rings. The van der Waals surface area contributed by atoms with Crippen LogP contribution in [0.25, 0.3) is 0 Å². The van der Waals surface area contributed by atoms with Gasteiger partial charge in [0.05, 0.1) is 7.11 Å². The van der Waals surface area contributed by atoms with Gasteiger partial charge in [-0.05, 0) is 62.2 Å². The van der Waals surface area contributed by atoms with Crippen LogP contribution in [0.15, 0.2) is 47.4 Å². The molecule has 28 heavy (non-hydrogen) atoms. The van der Waals surface area contributed by atoms with Gasteiger partial charge >= 0.3 is 0 Å². The fraction of sp³-hybridized carbons (Fsp3) is 0.350. The summed E-state index contributed by atoms with van der Waals surface area (Å²) < 4.78 is 46.2. The zero-order chi connectivity index (χ0) is 20.3. The number of nitrogens with one attached hydrogen (secondary N) is 1. The predicted octanol–water partition coefficient (Wildman–Crippen LogP) is 3.65. The van der Waals surface area contributed by atoms with E-state index in [1.165, 1.54) is 53.9 Å². The molecule has 0 unspecified atom stereocenters. The summed E-state index contributed by atoms with van der Waals surface area (Å²) in [5, 5.41) is 2.64. The molecule has 1 amide bonds. The number of nitrogens with zero attached hydrogens (tertiary/aromatic N) is 1. The van der Waals surface area contributed by atoms with Crippen LogP contribution in [0.2, 0.25) is 0 Å². The Hall–Kier alpha value is -2.45. The monoisotopic (exact) mass is 406 g/mol. The molecule has 1 aliphatic heterocycles. The summed E-state index contributed by atoms with van der Waals surface area (Å²) in [6.45, 7) is 2.33. The highest BCUT2D eigenvalue weighted by atomic mass is 32.2. The van der Waals surface area contributed by atoms with Crippen molar-refractivity contribution in [2.75, 3.05) is 19.0 Å². The van der Waals surface area contributed by atoms with Gasteiger partial charge in [0.15, 0.2) is 0 Å². The highest BCUT2D eigenvalue weighted by Gasteiger charge is 2.33. The zero-order valence-corrected chi connectivity index (χ0v) is 16.6. The summed E-state index contributed by atoms with van der Waals surface area (Å²) in [4.78, 5) is 12.5. The molecule has 0 radical (unpaired) electrons. The van der Waals surface area contributed by atoms with E-state index in [9.17, 15) is 17.6 Å². The summed E-state index contributed by atoms with van der Waals surface area (Å²) in [7, 11) is -2.41. The van der Waals surface area contributed by atoms with Crippen LogP contribution in [-0.4, -0.2) is 38.3 Å². The van der Waals surface area contributed by atoms with Gasteiger partial charge in [-0.3, -0.25) is 4.79 Å². The highest BCUT2D eigenvalue weighted by Crippen LogP contribution is 2.31. The van der Waals surface area contributed by atoms with Crippen LogP contribution in [0.4, 0.5) is 10.1 Å². The van der Waals surface area contributed by atoms with Crippen LogP contribution in [0, 0.1) is 5.82 Å². The van der Waals surface area contributed by atoms with Crippen LogP contribution in [0.3, 0.4) is 0 Å². The van der Waals surface area contributed by atoms with Gasteiger partial charge in [0.25, 0.3) is 5.91 Å². The van der Waals surface area contributed by atoms with Gasteiger partial charge < -0.3 is 10.1 Å². The molecule has 2 aromatic rings. The molecule has 0 aromatic heterocycles. The Kier molecular flexibility index (Phi) is 6.00. The van der Waals surface area contributed by atoms with E-state index in [1.807, 2.05) is 6.92 Å². The number of hydrogen-bond acceptors (Lipinski definition) is 4. The lowest BCUT2D eigenvalue weighted by Gasteiger charge is -2.32. The lowest BCUT2D eigenvalue weighted by atomic mass is 10.1. The SMILES string of the molecule is COc1ccc(C(=O)Nc2ccc(F)cc2)cc1S(=O)(=O)N1CCCC[C@@H]1C. The van der Waals surface area contributed by atoms with Crippen molar-refractivity contribution >= 4 is 21.6 Å². The Morgan fingerprint density at radius 2 is 1.89 bits per heavy atom. The van der Waals surface area contributed by atoms with Crippen LogP contribution in [0.5, 0.6) is 5.75 Å². The number of hydrogen-bond donors (Lipinski definition) is 1. The number of rotatable bonds is 5. The Labute approximate surface area is 164 Å². The summed E-state index contributed by atoms with van der Waals surface area (Å²) in [5.74, 6) is -0.708. The number of amides is 1. The van der Waals surface area contributed by atoms with E-state index in [0.29, 0.717) is 12.2 Å². The minimum Gasteiger partial charge on any atom is -0.495 e. The van der Waals surface area contributed by atoms with Crippen molar-refractivity contribution in [2.24, 2.45) is 0 Å². The third kappa shape index (κ3) is 4.18. The van der Waals surface area contributed by atoms with Gasteiger partial charge in [-0.1, -0.05) is 6.42 Å². The van der Waals surface area contributed by atoms with Crippen molar-refractivity contribution < 1.29 is 22.3 Å². The molecule has 3 rings (SSSR count). The molecular weight excluding hydrogens is 383 g/mol. The van der Waals surface area contributed by atoms with Crippen molar-refractivity contribution in [1.29, 1.82) is 0 Å². The zero-order valence-electron chi connectivity index (χ0n) is 15.8. The maximum absolute atomic E-state index is 13.2. The number of benzene rings is 2. The molecule has 0 aliphatic carbocycles. The molecule has 0 spiro atoms.